The number of ether oxygens (including phenoxy) is 2. The molecule has 0 aliphatic rings. The van der Waals surface area contributed by atoms with E-state index in [9.17, 15) is 8.42 Å². The van der Waals surface area contributed by atoms with Crippen molar-refractivity contribution in [1.82, 2.24) is 10.6 Å². The van der Waals surface area contributed by atoms with E-state index >= 15 is 0 Å². The molecule has 0 saturated carbocycles. The van der Waals surface area contributed by atoms with E-state index < -0.39 is 9.84 Å². The Bertz CT molecular complexity index is 755. The topological polar surface area (TPSA) is 89.0 Å². The molecule has 0 radical (unpaired) electrons. The predicted molar refractivity (Wildman–Crippen MR) is 135 cm³/mol. The lowest BCUT2D eigenvalue weighted by Gasteiger charge is -2.20. The predicted octanol–water partition coefficient (Wildman–Crippen LogP) is 3.15. The molecule has 2 N–H and O–H groups in total. The molecule has 0 bridgehead atoms. The van der Waals surface area contributed by atoms with Crippen molar-refractivity contribution in [1.29, 1.82) is 0 Å². The molecule has 1 unspecified atom stereocenters. The number of aliphatic imine (C=N–C) groups is 1. The minimum atomic E-state index is -2.99. The fraction of sp³-hybridized carbons (Fsp3) is 0.667. The first-order valence-corrected chi connectivity index (χ1v) is 12.1. The number of hydrogen-bond donors (Lipinski definition) is 2. The van der Waals surface area contributed by atoms with Crippen molar-refractivity contribution < 1.29 is 17.9 Å². The van der Waals surface area contributed by atoms with E-state index in [0.29, 0.717) is 31.6 Å². The van der Waals surface area contributed by atoms with Gasteiger partial charge in [0.05, 0.1) is 25.1 Å². The van der Waals surface area contributed by atoms with Crippen LogP contribution in [0.2, 0.25) is 0 Å². The van der Waals surface area contributed by atoms with Gasteiger partial charge in [0.25, 0.3) is 0 Å². The standard InChI is InChI=1S/C21H37N3O4S.HI/c1-16(2)13-18(4)28-20-14-17(3)7-8-19(20)15-24-21(22-5)23-9-10-27-11-12-29(6,25)26;/h7-8,14,16,18H,9-13,15H2,1-6H3,(H2,22,23,24);1H. The number of benzene rings is 1. The van der Waals surface area contributed by atoms with Crippen molar-refractivity contribution in [3.8, 4) is 5.75 Å². The van der Waals surface area contributed by atoms with Crippen LogP contribution in [0.1, 0.15) is 38.3 Å². The maximum Gasteiger partial charge on any atom is 0.191 e. The highest BCUT2D eigenvalue weighted by Crippen LogP contribution is 2.23. The Morgan fingerprint density at radius 2 is 1.87 bits per heavy atom. The SMILES string of the molecule is CN=C(NCCOCCS(C)(=O)=O)NCc1ccc(C)cc1OC(C)CC(C)C.I. The molecular formula is C21H38IN3O4S. The van der Waals surface area contributed by atoms with Crippen LogP contribution in [0, 0.1) is 12.8 Å². The van der Waals surface area contributed by atoms with E-state index in [0.717, 1.165) is 23.3 Å². The van der Waals surface area contributed by atoms with Crippen LogP contribution in [0.25, 0.3) is 0 Å². The van der Waals surface area contributed by atoms with Crippen molar-refractivity contribution in [2.24, 2.45) is 10.9 Å². The first-order valence-electron chi connectivity index (χ1n) is 10.1. The number of sulfone groups is 1. The lowest BCUT2D eigenvalue weighted by Crippen LogP contribution is -2.38. The Labute approximate surface area is 199 Å². The van der Waals surface area contributed by atoms with Gasteiger partial charge in [-0.3, -0.25) is 4.99 Å². The normalized spacial score (nSPS) is 13.0. The second-order valence-corrected chi connectivity index (χ2v) is 10.0. The average molecular weight is 556 g/mol. The molecular weight excluding hydrogens is 517 g/mol. The van der Waals surface area contributed by atoms with E-state index in [4.69, 9.17) is 9.47 Å². The lowest BCUT2D eigenvalue weighted by molar-refractivity contribution is 0.154. The van der Waals surface area contributed by atoms with E-state index in [2.05, 4.69) is 61.5 Å². The van der Waals surface area contributed by atoms with Gasteiger partial charge in [-0.15, -0.1) is 24.0 Å². The zero-order valence-electron chi connectivity index (χ0n) is 19.0. The molecule has 0 heterocycles. The third kappa shape index (κ3) is 13.3. The van der Waals surface area contributed by atoms with E-state index in [-0.39, 0.29) is 42.4 Å². The maximum absolute atomic E-state index is 11.1. The molecule has 1 atom stereocenters. The highest BCUT2D eigenvalue weighted by atomic mass is 127. The molecule has 0 aliphatic carbocycles. The molecule has 174 valence electrons. The van der Waals surface area contributed by atoms with Crippen LogP contribution in [0.4, 0.5) is 0 Å². The summed E-state index contributed by atoms with van der Waals surface area (Å²) >= 11 is 0. The van der Waals surface area contributed by atoms with Crippen LogP contribution in [0.15, 0.2) is 23.2 Å². The zero-order chi connectivity index (χ0) is 21.9. The highest BCUT2D eigenvalue weighted by molar-refractivity contribution is 14.0. The highest BCUT2D eigenvalue weighted by Gasteiger charge is 2.11. The van der Waals surface area contributed by atoms with Crippen LogP contribution in [0.3, 0.4) is 0 Å². The van der Waals surface area contributed by atoms with Crippen molar-refractivity contribution >= 4 is 39.8 Å². The van der Waals surface area contributed by atoms with Gasteiger partial charge in [-0.1, -0.05) is 26.0 Å². The van der Waals surface area contributed by atoms with Crippen molar-refractivity contribution in [3.63, 3.8) is 0 Å². The quantitative estimate of drug-likeness (QED) is 0.178. The molecule has 7 nitrogen and oxygen atoms in total. The van der Waals surface area contributed by atoms with Crippen molar-refractivity contribution in [2.45, 2.75) is 46.8 Å². The van der Waals surface area contributed by atoms with Gasteiger partial charge in [-0.25, -0.2) is 8.42 Å². The molecule has 0 amide bonds. The summed E-state index contributed by atoms with van der Waals surface area (Å²) in [5, 5.41) is 6.44. The molecule has 1 aromatic carbocycles. The number of guanidine groups is 1. The molecule has 1 aromatic rings. The van der Waals surface area contributed by atoms with Gasteiger partial charge < -0.3 is 20.1 Å². The summed E-state index contributed by atoms with van der Waals surface area (Å²) < 4.78 is 33.7. The summed E-state index contributed by atoms with van der Waals surface area (Å²) in [6, 6.07) is 6.21. The summed E-state index contributed by atoms with van der Waals surface area (Å²) in [5.41, 5.74) is 2.23. The molecule has 0 fully saturated rings. The number of aryl methyl sites for hydroxylation is 1. The van der Waals surface area contributed by atoms with Crippen LogP contribution in [0.5, 0.6) is 5.75 Å². The summed E-state index contributed by atoms with van der Waals surface area (Å²) in [7, 11) is -1.28. The average Bonchev–Trinajstić information content (AvgIpc) is 2.60. The summed E-state index contributed by atoms with van der Waals surface area (Å²) in [5.74, 6) is 2.16. The van der Waals surface area contributed by atoms with Gasteiger partial charge in [0.2, 0.25) is 0 Å². The second-order valence-electron chi connectivity index (χ2n) is 7.76. The Balaban J connectivity index is 0.00000841. The largest absolute Gasteiger partial charge is 0.490 e. The fourth-order valence-corrected chi connectivity index (χ4v) is 3.22. The Morgan fingerprint density at radius 3 is 2.47 bits per heavy atom. The summed E-state index contributed by atoms with van der Waals surface area (Å²) in [6.45, 7) is 10.3. The number of hydrogen-bond acceptors (Lipinski definition) is 5. The molecule has 0 aromatic heterocycles. The minimum absolute atomic E-state index is 0. The van der Waals surface area contributed by atoms with Gasteiger partial charge in [0.15, 0.2) is 5.96 Å². The number of halogens is 1. The summed E-state index contributed by atoms with van der Waals surface area (Å²) in [4.78, 5) is 4.21. The first-order chi connectivity index (χ1) is 13.6. The Kier molecular flexibility index (Phi) is 14.3. The van der Waals surface area contributed by atoms with E-state index in [1.54, 1.807) is 7.05 Å². The fourth-order valence-electron chi connectivity index (χ4n) is 2.80. The zero-order valence-corrected chi connectivity index (χ0v) is 22.2. The molecule has 1 rings (SSSR count). The Hall–Kier alpha value is -1.07. The molecule has 0 spiro atoms. The number of rotatable bonds is 12. The van der Waals surface area contributed by atoms with E-state index in [1.165, 1.54) is 6.26 Å². The lowest BCUT2D eigenvalue weighted by atomic mass is 10.1. The third-order valence-electron chi connectivity index (χ3n) is 4.16. The molecule has 0 saturated heterocycles. The second kappa shape index (κ2) is 14.9. The number of nitrogens with one attached hydrogen (secondary N) is 2. The molecule has 0 aliphatic heterocycles. The minimum Gasteiger partial charge on any atom is -0.490 e. The van der Waals surface area contributed by atoms with Crippen LogP contribution >= 0.6 is 24.0 Å². The van der Waals surface area contributed by atoms with Gasteiger partial charge in [-0.2, -0.15) is 0 Å². The Morgan fingerprint density at radius 1 is 1.17 bits per heavy atom. The third-order valence-corrected chi connectivity index (χ3v) is 5.07. The molecule has 30 heavy (non-hydrogen) atoms. The van der Waals surface area contributed by atoms with Crippen LogP contribution in [-0.4, -0.2) is 59.3 Å². The van der Waals surface area contributed by atoms with E-state index in [1.807, 2.05) is 0 Å². The number of nitrogens with zero attached hydrogens (tertiary/aromatic N) is 1. The molecule has 9 heteroatoms. The van der Waals surface area contributed by atoms with Crippen LogP contribution in [-0.2, 0) is 21.1 Å². The smallest absolute Gasteiger partial charge is 0.191 e. The van der Waals surface area contributed by atoms with Gasteiger partial charge >= 0.3 is 0 Å². The van der Waals surface area contributed by atoms with Gasteiger partial charge in [-0.05, 0) is 37.8 Å². The van der Waals surface area contributed by atoms with Gasteiger partial charge in [0.1, 0.15) is 15.6 Å². The van der Waals surface area contributed by atoms with Crippen molar-refractivity contribution in [3.05, 3.63) is 29.3 Å². The maximum atomic E-state index is 11.1. The monoisotopic (exact) mass is 555 g/mol. The van der Waals surface area contributed by atoms with Gasteiger partial charge in [0, 0.05) is 32.0 Å². The van der Waals surface area contributed by atoms with Crippen molar-refractivity contribution in [2.75, 3.05) is 38.8 Å². The first kappa shape index (κ1) is 28.9. The van der Waals surface area contributed by atoms with Crippen LogP contribution < -0.4 is 15.4 Å². The summed E-state index contributed by atoms with van der Waals surface area (Å²) in [6.07, 6.45) is 2.35.